The zero-order chi connectivity index (χ0) is 14.0. The van der Waals surface area contributed by atoms with Gasteiger partial charge in [-0.25, -0.2) is 0 Å². The van der Waals surface area contributed by atoms with E-state index in [1.165, 1.54) is 0 Å². The first kappa shape index (κ1) is 14.5. The highest BCUT2D eigenvalue weighted by Crippen LogP contribution is 2.33. The maximum atomic E-state index is 6.25. The van der Waals surface area contributed by atoms with E-state index < -0.39 is 0 Å². The maximum absolute atomic E-state index is 6.25. The van der Waals surface area contributed by atoms with Crippen LogP contribution in [0.4, 0.5) is 0 Å². The molecular weight excluding hydrogens is 328 g/mol. The predicted octanol–water partition coefficient (Wildman–Crippen LogP) is 3.58. The lowest BCUT2D eigenvalue weighted by Gasteiger charge is -2.21. The minimum absolute atomic E-state index is 0.0326. The van der Waals surface area contributed by atoms with Crippen LogP contribution in [-0.2, 0) is 0 Å². The molecule has 102 valence electrons. The third-order valence-electron chi connectivity index (χ3n) is 2.95. The first-order valence-electron chi connectivity index (χ1n) is 6.05. The van der Waals surface area contributed by atoms with E-state index in [4.69, 9.17) is 11.6 Å². The topological polar surface area (TPSA) is 42.7 Å². The summed E-state index contributed by atoms with van der Waals surface area (Å²) in [4.78, 5) is 4.03. The molecule has 0 saturated heterocycles. The number of hydrogen-bond donors (Lipinski definition) is 1. The summed E-state index contributed by atoms with van der Waals surface area (Å²) < 4.78 is 2.95. The minimum atomic E-state index is -0.0326. The molecule has 0 aliphatic carbocycles. The normalized spacial score (nSPS) is 12.9. The van der Waals surface area contributed by atoms with Crippen molar-refractivity contribution in [3.05, 3.63) is 45.4 Å². The van der Waals surface area contributed by atoms with Crippen molar-refractivity contribution in [1.29, 1.82) is 0 Å². The Labute approximate surface area is 126 Å². The van der Waals surface area contributed by atoms with Crippen molar-refractivity contribution in [2.45, 2.75) is 25.9 Å². The Morgan fingerprint density at radius 1 is 1.37 bits per heavy atom. The number of hydrogen-bond acceptors (Lipinski definition) is 3. The molecule has 0 spiro atoms. The minimum Gasteiger partial charge on any atom is -0.308 e. The molecule has 1 unspecified atom stereocenters. The number of pyridine rings is 1. The van der Waals surface area contributed by atoms with E-state index in [-0.39, 0.29) is 12.1 Å². The van der Waals surface area contributed by atoms with Crippen molar-refractivity contribution in [2.75, 3.05) is 7.05 Å². The van der Waals surface area contributed by atoms with Gasteiger partial charge in [0, 0.05) is 18.4 Å². The molecule has 0 bridgehead atoms. The lowest BCUT2D eigenvalue weighted by Crippen LogP contribution is -2.23. The van der Waals surface area contributed by atoms with E-state index >= 15 is 0 Å². The Bertz CT molecular complexity index is 568. The van der Waals surface area contributed by atoms with Gasteiger partial charge in [0.1, 0.15) is 0 Å². The second kappa shape index (κ2) is 6.03. The lowest BCUT2D eigenvalue weighted by atomic mass is 10.0. The fourth-order valence-electron chi connectivity index (χ4n) is 2.09. The molecule has 2 rings (SSSR count). The van der Waals surface area contributed by atoms with E-state index in [1.807, 2.05) is 24.0 Å². The van der Waals surface area contributed by atoms with Crippen molar-refractivity contribution in [3.63, 3.8) is 0 Å². The van der Waals surface area contributed by atoms with Gasteiger partial charge < -0.3 is 5.32 Å². The average molecular weight is 344 g/mol. The molecule has 1 atom stereocenters. The summed E-state index contributed by atoms with van der Waals surface area (Å²) in [6.07, 6.45) is 5.22. The van der Waals surface area contributed by atoms with Gasteiger partial charge in [0.15, 0.2) is 0 Å². The maximum Gasteiger partial charge on any atom is 0.0773 e. The van der Waals surface area contributed by atoms with Crippen LogP contribution < -0.4 is 5.32 Å². The Kier molecular flexibility index (Phi) is 4.60. The van der Waals surface area contributed by atoms with Crippen LogP contribution in [0, 0.1) is 0 Å². The van der Waals surface area contributed by atoms with Crippen LogP contribution in [0.5, 0.6) is 0 Å². The summed E-state index contributed by atoms with van der Waals surface area (Å²) in [6.45, 7) is 4.20. The molecule has 0 aliphatic rings. The molecule has 1 N–H and O–H groups in total. The molecule has 2 aromatic heterocycles. The van der Waals surface area contributed by atoms with E-state index in [1.54, 1.807) is 12.4 Å². The van der Waals surface area contributed by atoms with Gasteiger partial charge in [-0.05, 0) is 48.5 Å². The van der Waals surface area contributed by atoms with Gasteiger partial charge in [0.2, 0.25) is 0 Å². The number of rotatable bonds is 4. The first-order valence-corrected chi connectivity index (χ1v) is 7.23. The molecule has 4 nitrogen and oxygen atoms in total. The van der Waals surface area contributed by atoms with Crippen LogP contribution in [0.25, 0.3) is 0 Å². The van der Waals surface area contributed by atoms with Crippen LogP contribution in [0.2, 0.25) is 5.02 Å². The number of aromatic nitrogens is 3. The SMILES string of the molecule is CNC(c1ccncc1Cl)c1c(Br)cnn1C(C)C. The molecule has 0 aromatic carbocycles. The Morgan fingerprint density at radius 2 is 2.11 bits per heavy atom. The summed E-state index contributed by atoms with van der Waals surface area (Å²) >= 11 is 9.82. The van der Waals surface area contributed by atoms with Gasteiger partial charge in [-0.15, -0.1) is 0 Å². The van der Waals surface area contributed by atoms with Crippen LogP contribution in [0.3, 0.4) is 0 Å². The lowest BCUT2D eigenvalue weighted by molar-refractivity contribution is 0.483. The summed E-state index contributed by atoms with van der Waals surface area (Å²) in [7, 11) is 1.91. The Hall–Kier alpha value is -0.910. The number of nitrogens with one attached hydrogen (secondary N) is 1. The van der Waals surface area contributed by atoms with Gasteiger partial charge in [-0.2, -0.15) is 5.10 Å². The average Bonchev–Trinajstić information content (AvgIpc) is 2.75. The van der Waals surface area contributed by atoms with Crippen LogP contribution in [0.15, 0.2) is 29.1 Å². The van der Waals surface area contributed by atoms with E-state index in [9.17, 15) is 0 Å². The van der Waals surface area contributed by atoms with Crippen molar-refractivity contribution in [3.8, 4) is 0 Å². The highest BCUT2D eigenvalue weighted by molar-refractivity contribution is 9.10. The highest BCUT2D eigenvalue weighted by atomic mass is 79.9. The third-order valence-corrected chi connectivity index (χ3v) is 3.88. The predicted molar refractivity (Wildman–Crippen MR) is 80.5 cm³/mol. The fraction of sp³-hybridized carbons (Fsp3) is 0.385. The Balaban J connectivity index is 2.55. The molecule has 0 saturated carbocycles. The molecule has 19 heavy (non-hydrogen) atoms. The van der Waals surface area contributed by atoms with Crippen molar-refractivity contribution in [2.24, 2.45) is 0 Å². The monoisotopic (exact) mass is 342 g/mol. The molecule has 2 heterocycles. The Morgan fingerprint density at radius 3 is 2.68 bits per heavy atom. The van der Waals surface area contributed by atoms with E-state index in [0.717, 1.165) is 15.7 Å². The summed E-state index contributed by atoms with van der Waals surface area (Å²) in [6, 6.07) is 2.17. The highest BCUT2D eigenvalue weighted by Gasteiger charge is 2.23. The van der Waals surface area contributed by atoms with Crippen LogP contribution in [-0.4, -0.2) is 21.8 Å². The summed E-state index contributed by atoms with van der Waals surface area (Å²) in [5.41, 5.74) is 2.05. The van der Waals surface area contributed by atoms with Crippen LogP contribution in [0.1, 0.15) is 37.2 Å². The van der Waals surface area contributed by atoms with Gasteiger partial charge >= 0.3 is 0 Å². The molecule has 0 amide bonds. The molecular formula is C13H16BrClN4. The van der Waals surface area contributed by atoms with Crippen LogP contribution >= 0.6 is 27.5 Å². The van der Waals surface area contributed by atoms with Crippen molar-refractivity contribution < 1.29 is 0 Å². The van der Waals surface area contributed by atoms with Crippen molar-refractivity contribution in [1.82, 2.24) is 20.1 Å². The zero-order valence-electron chi connectivity index (χ0n) is 11.1. The molecule has 0 radical (unpaired) electrons. The second-order valence-electron chi connectivity index (χ2n) is 4.53. The number of nitrogens with zero attached hydrogens (tertiary/aromatic N) is 3. The zero-order valence-corrected chi connectivity index (χ0v) is 13.4. The van der Waals surface area contributed by atoms with Crippen molar-refractivity contribution >= 4 is 27.5 Å². The molecule has 6 heteroatoms. The second-order valence-corrected chi connectivity index (χ2v) is 5.80. The van der Waals surface area contributed by atoms with Gasteiger partial charge in [-0.1, -0.05) is 11.6 Å². The van der Waals surface area contributed by atoms with Gasteiger partial charge in [-0.3, -0.25) is 9.67 Å². The standard InChI is InChI=1S/C13H16BrClN4/c1-8(2)19-13(10(14)6-18-19)12(16-3)9-4-5-17-7-11(9)15/h4-8,12,16H,1-3H3. The summed E-state index contributed by atoms with van der Waals surface area (Å²) in [5.74, 6) is 0. The first-order chi connectivity index (χ1) is 9.06. The number of halogens is 2. The smallest absolute Gasteiger partial charge is 0.0773 e. The molecule has 0 aliphatic heterocycles. The quantitative estimate of drug-likeness (QED) is 0.922. The fourth-order valence-corrected chi connectivity index (χ4v) is 2.82. The molecule has 2 aromatic rings. The summed E-state index contributed by atoms with van der Waals surface area (Å²) in [5, 5.41) is 8.35. The third kappa shape index (κ3) is 2.83. The van der Waals surface area contributed by atoms with E-state index in [0.29, 0.717) is 5.02 Å². The largest absolute Gasteiger partial charge is 0.308 e. The van der Waals surface area contributed by atoms with E-state index in [2.05, 4.69) is 45.2 Å². The van der Waals surface area contributed by atoms with Gasteiger partial charge in [0.05, 0.1) is 27.4 Å². The van der Waals surface area contributed by atoms with Gasteiger partial charge in [0.25, 0.3) is 0 Å². The molecule has 0 fully saturated rings.